The lowest BCUT2D eigenvalue weighted by molar-refractivity contribution is 0.427. The molecule has 0 radical (unpaired) electrons. The largest absolute Gasteiger partial charge is 0.507 e. The van der Waals surface area contributed by atoms with Gasteiger partial charge in [0.05, 0.1) is 0 Å². The van der Waals surface area contributed by atoms with Crippen LogP contribution in [0.3, 0.4) is 0 Å². The topological polar surface area (TPSA) is 20.2 Å². The highest BCUT2D eigenvalue weighted by Crippen LogP contribution is 2.27. The summed E-state index contributed by atoms with van der Waals surface area (Å²) in [5, 5.41) is 8.96. The van der Waals surface area contributed by atoms with Gasteiger partial charge in [0.25, 0.3) is 0 Å². The molecule has 1 aromatic carbocycles. The lowest BCUT2D eigenvalue weighted by atomic mass is 10.2. The van der Waals surface area contributed by atoms with Gasteiger partial charge in [-0.15, -0.1) is 0 Å². The summed E-state index contributed by atoms with van der Waals surface area (Å²) in [6.45, 7) is -0.813. The van der Waals surface area contributed by atoms with E-state index >= 15 is 0 Å². The number of halogens is 3. The molecule has 0 saturated carbocycles. The normalized spacial score (nSPS) is 10.1. The Morgan fingerprint density at radius 1 is 1.45 bits per heavy atom. The summed E-state index contributed by atoms with van der Waals surface area (Å²) in [7, 11) is 0. The van der Waals surface area contributed by atoms with Crippen molar-refractivity contribution in [3.8, 4) is 5.75 Å². The van der Waals surface area contributed by atoms with Crippen LogP contribution in [0.5, 0.6) is 5.75 Å². The number of aromatic hydroxyl groups is 1. The zero-order valence-electron chi connectivity index (χ0n) is 5.44. The van der Waals surface area contributed by atoms with Gasteiger partial charge in [0, 0.05) is 16.1 Å². The Morgan fingerprint density at radius 3 is 2.55 bits per heavy atom. The van der Waals surface area contributed by atoms with Crippen molar-refractivity contribution < 1.29 is 13.9 Å². The van der Waals surface area contributed by atoms with Crippen molar-refractivity contribution >= 4 is 15.9 Å². The van der Waals surface area contributed by atoms with Gasteiger partial charge in [-0.25, -0.2) is 8.78 Å². The second-order valence-electron chi connectivity index (χ2n) is 2.02. The fourth-order valence-corrected chi connectivity index (χ4v) is 1.25. The molecule has 0 fully saturated rings. The first-order valence-electron chi connectivity index (χ1n) is 2.88. The number of alkyl halides is 1. The predicted molar refractivity (Wildman–Crippen MR) is 40.6 cm³/mol. The molecule has 1 N–H and O–H groups in total. The fraction of sp³-hybridized carbons (Fsp3) is 0.143. The number of hydrogen-bond acceptors (Lipinski definition) is 1. The minimum atomic E-state index is -0.813. The molecule has 0 heterocycles. The number of hydrogen-bond donors (Lipinski definition) is 1. The zero-order valence-corrected chi connectivity index (χ0v) is 7.03. The number of benzene rings is 1. The second-order valence-corrected chi connectivity index (χ2v) is 2.87. The minimum absolute atomic E-state index is 0.0754. The highest BCUT2D eigenvalue weighted by Gasteiger charge is 2.07. The summed E-state index contributed by atoms with van der Waals surface area (Å²) in [6, 6.07) is 1.98. The van der Waals surface area contributed by atoms with E-state index in [4.69, 9.17) is 5.11 Å². The van der Waals surface area contributed by atoms with Crippen LogP contribution < -0.4 is 0 Å². The SMILES string of the molecule is Oc1cc(F)cc(Br)c1CF. The summed E-state index contributed by atoms with van der Waals surface area (Å²) in [5.41, 5.74) is 0.0754. The van der Waals surface area contributed by atoms with Gasteiger partial charge in [-0.3, -0.25) is 0 Å². The van der Waals surface area contributed by atoms with Crippen molar-refractivity contribution in [1.29, 1.82) is 0 Å². The Balaban J connectivity index is 3.25. The first-order valence-corrected chi connectivity index (χ1v) is 3.67. The molecule has 0 spiro atoms. The first-order chi connectivity index (χ1) is 5.15. The van der Waals surface area contributed by atoms with Crippen LogP contribution in [0, 0.1) is 5.82 Å². The van der Waals surface area contributed by atoms with E-state index in [2.05, 4.69) is 15.9 Å². The van der Waals surface area contributed by atoms with Gasteiger partial charge in [0.1, 0.15) is 18.2 Å². The zero-order chi connectivity index (χ0) is 8.43. The van der Waals surface area contributed by atoms with Crippen LogP contribution in [0.25, 0.3) is 0 Å². The lowest BCUT2D eigenvalue weighted by Gasteiger charge is -2.01. The van der Waals surface area contributed by atoms with E-state index in [1.807, 2.05) is 0 Å². The van der Waals surface area contributed by atoms with Gasteiger partial charge in [-0.1, -0.05) is 15.9 Å². The van der Waals surface area contributed by atoms with E-state index in [-0.39, 0.29) is 15.8 Å². The molecule has 0 atom stereocenters. The highest BCUT2D eigenvalue weighted by atomic mass is 79.9. The number of phenolic OH excluding ortho intramolecular Hbond substituents is 1. The van der Waals surface area contributed by atoms with Gasteiger partial charge in [0.2, 0.25) is 0 Å². The van der Waals surface area contributed by atoms with Crippen molar-refractivity contribution in [2.45, 2.75) is 6.67 Å². The van der Waals surface area contributed by atoms with Crippen LogP contribution in [0.1, 0.15) is 5.56 Å². The van der Waals surface area contributed by atoms with Gasteiger partial charge >= 0.3 is 0 Å². The van der Waals surface area contributed by atoms with Crippen LogP contribution in [0.15, 0.2) is 16.6 Å². The van der Waals surface area contributed by atoms with E-state index in [1.54, 1.807) is 0 Å². The summed E-state index contributed by atoms with van der Waals surface area (Å²) in [6.07, 6.45) is 0. The molecule has 0 aliphatic carbocycles. The van der Waals surface area contributed by atoms with Gasteiger partial charge in [-0.05, 0) is 6.07 Å². The standard InChI is InChI=1S/C7H5BrF2O/c8-6-1-4(10)2-7(11)5(6)3-9/h1-2,11H,3H2. The Labute approximate surface area is 70.8 Å². The molecule has 4 heteroatoms. The van der Waals surface area contributed by atoms with Crippen LogP contribution in [-0.2, 0) is 6.67 Å². The second kappa shape index (κ2) is 3.17. The molecule has 11 heavy (non-hydrogen) atoms. The quantitative estimate of drug-likeness (QED) is 0.775. The van der Waals surface area contributed by atoms with Crippen LogP contribution in [0.2, 0.25) is 0 Å². The molecule has 0 bridgehead atoms. The van der Waals surface area contributed by atoms with Gasteiger partial charge in [-0.2, -0.15) is 0 Å². The Bertz CT molecular complexity index is 252. The third kappa shape index (κ3) is 1.68. The number of phenols is 1. The van der Waals surface area contributed by atoms with Crippen molar-refractivity contribution in [2.75, 3.05) is 0 Å². The number of rotatable bonds is 1. The monoisotopic (exact) mass is 222 g/mol. The first kappa shape index (κ1) is 8.46. The molecule has 0 aliphatic heterocycles. The molecule has 1 nitrogen and oxygen atoms in total. The molecule has 60 valence electrons. The average Bonchev–Trinajstić information content (AvgIpc) is 1.85. The molecule has 1 rings (SSSR count). The van der Waals surface area contributed by atoms with E-state index in [0.29, 0.717) is 0 Å². The molecule has 0 amide bonds. The molecule has 0 saturated heterocycles. The van der Waals surface area contributed by atoms with E-state index in [0.717, 1.165) is 12.1 Å². The van der Waals surface area contributed by atoms with Crippen LogP contribution in [0.4, 0.5) is 8.78 Å². The maximum Gasteiger partial charge on any atom is 0.128 e. The van der Waals surface area contributed by atoms with Crippen molar-refractivity contribution in [3.63, 3.8) is 0 Å². The Morgan fingerprint density at radius 2 is 2.09 bits per heavy atom. The van der Waals surface area contributed by atoms with Crippen molar-refractivity contribution in [3.05, 3.63) is 28.0 Å². The summed E-state index contributed by atoms with van der Waals surface area (Å²) in [5.74, 6) is -0.953. The van der Waals surface area contributed by atoms with Crippen LogP contribution in [-0.4, -0.2) is 5.11 Å². The van der Waals surface area contributed by atoms with Gasteiger partial charge in [0.15, 0.2) is 0 Å². The maximum atomic E-state index is 12.4. The molecular formula is C7H5BrF2O. The van der Waals surface area contributed by atoms with E-state index in [9.17, 15) is 8.78 Å². The van der Waals surface area contributed by atoms with Gasteiger partial charge < -0.3 is 5.11 Å². The molecule has 1 aromatic rings. The Hall–Kier alpha value is -0.640. The summed E-state index contributed by atoms with van der Waals surface area (Å²) >= 11 is 2.92. The molecule has 0 aliphatic rings. The van der Waals surface area contributed by atoms with E-state index in [1.165, 1.54) is 0 Å². The molecular weight excluding hydrogens is 218 g/mol. The smallest absolute Gasteiger partial charge is 0.128 e. The lowest BCUT2D eigenvalue weighted by Crippen LogP contribution is -1.84. The average molecular weight is 223 g/mol. The summed E-state index contributed by atoms with van der Waals surface area (Å²) < 4.78 is 24.7. The van der Waals surface area contributed by atoms with Crippen molar-refractivity contribution in [2.24, 2.45) is 0 Å². The minimum Gasteiger partial charge on any atom is -0.507 e. The molecule has 0 unspecified atom stereocenters. The van der Waals surface area contributed by atoms with E-state index < -0.39 is 12.5 Å². The predicted octanol–water partition coefficient (Wildman–Crippen LogP) is 2.76. The fourth-order valence-electron chi connectivity index (χ4n) is 0.722. The summed E-state index contributed by atoms with van der Waals surface area (Å²) in [4.78, 5) is 0. The molecule has 0 aromatic heterocycles. The third-order valence-electron chi connectivity index (χ3n) is 1.27. The maximum absolute atomic E-state index is 12.4. The highest BCUT2D eigenvalue weighted by molar-refractivity contribution is 9.10. The Kier molecular flexibility index (Phi) is 2.44. The van der Waals surface area contributed by atoms with Crippen molar-refractivity contribution in [1.82, 2.24) is 0 Å². The van der Waals surface area contributed by atoms with Crippen LogP contribution >= 0.6 is 15.9 Å². The third-order valence-corrected chi connectivity index (χ3v) is 1.98.